The number of nitro benzene ring substituents is 1. The lowest BCUT2D eigenvalue weighted by Crippen LogP contribution is -2.48. The van der Waals surface area contributed by atoms with Crippen molar-refractivity contribution >= 4 is 39.0 Å². The highest BCUT2D eigenvalue weighted by molar-refractivity contribution is 7.89. The maximum Gasteiger partial charge on any atom is 0.270 e. The van der Waals surface area contributed by atoms with Gasteiger partial charge in [-0.1, -0.05) is 18.2 Å². The number of aryl methyl sites for hydroxylation is 1. The number of non-ortho nitro benzene ring substituents is 1. The van der Waals surface area contributed by atoms with Crippen molar-refractivity contribution < 1.29 is 13.3 Å². The van der Waals surface area contributed by atoms with Gasteiger partial charge in [-0.3, -0.25) is 15.0 Å². The highest BCUT2D eigenvalue weighted by Crippen LogP contribution is 2.23. The fourth-order valence-corrected chi connectivity index (χ4v) is 5.43. The highest BCUT2D eigenvalue weighted by Gasteiger charge is 2.29. The molecule has 30 heavy (non-hydrogen) atoms. The average molecular weight is 448 g/mol. The van der Waals surface area contributed by atoms with Gasteiger partial charge in [0.15, 0.2) is 4.77 Å². The molecule has 4 rings (SSSR count). The fraction of sp³-hybridized carbons (Fsp3) is 0.316. The van der Waals surface area contributed by atoms with Gasteiger partial charge in [-0.05, 0) is 30.4 Å². The van der Waals surface area contributed by atoms with Crippen LogP contribution in [0.25, 0.3) is 11.0 Å². The topological polar surface area (TPSA) is 93.6 Å². The molecule has 0 aliphatic carbocycles. The fourth-order valence-electron chi connectivity index (χ4n) is 3.72. The Kier molecular flexibility index (Phi) is 5.45. The van der Waals surface area contributed by atoms with E-state index in [0.717, 1.165) is 17.1 Å². The monoisotopic (exact) mass is 447 g/mol. The number of hydrogen-bond donors (Lipinski definition) is 0. The predicted molar refractivity (Wildman–Crippen MR) is 115 cm³/mol. The molecule has 11 heteroatoms. The number of hydrogen-bond acceptors (Lipinski definition) is 6. The third-order valence-electron chi connectivity index (χ3n) is 5.39. The summed E-state index contributed by atoms with van der Waals surface area (Å²) in [7, 11) is -1.85. The molecule has 0 spiro atoms. The van der Waals surface area contributed by atoms with E-state index in [2.05, 4.69) is 9.47 Å². The standard InChI is InChI=1S/C19H21N5O4S2/c1-20-17-7-2-3-8-18(17)23(19(20)29)14-21-9-11-22(12-10-21)30(27,28)16-6-4-5-15(13-16)24(25)26/h2-8,13H,9-12,14H2,1H3. The first-order chi connectivity index (χ1) is 14.3. The summed E-state index contributed by atoms with van der Waals surface area (Å²) in [5.41, 5.74) is 1.85. The van der Waals surface area contributed by atoms with Gasteiger partial charge in [0.1, 0.15) is 0 Å². The van der Waals surface area contributed by atoms with Gasteiger partial charge in [-0.15, -0.1) is 0 Å². The second-order valence-electron chi connectivity index (χ2n) is 7.18. The van der Waals surface area contributed by atoms with E-state index in [9.17, 15) is 18.5 Å². The normalized spacial score (nSPS) is 16.2. The van der Waals surface area contributed by atoms with Gasteiger partial charge >= 0.3 is 0 Å². The number of imidazole rings is 1. The molecule has 1 aliphatic heterocycles. The summed E-state index contributed by atoms with van der Waals surface area (Å²) < 4.78 is 31.9. The molecule has 2 heterocycles. The highest BCUT2D eigenvalue weighted by atomic mass is 32.2. The zero-order chi connectivity index (χ0) is 21.5. The lowest BCUT2D eigenvalue weighted by molar-refractivity contribution is -0.385. The van der Waals surface area contributed by atoms with Crippen LogP contribution in [0.2, 0.25) is 0 Å². The van der Waals surface area contributed by atoms with Gasteiger partial charge in [0.05, 0.1) is 27.5 Å². The van der Waals surface area contributed by atoms with Crippen molar-refractivity contribution in [3.8, 4) is 0 Å². The van der Waals surface area contributed by atoms with Gasteiger partial charge in [-0.25, -0.2) is 8.42 Å². The van der Waals surface area contributed by atoms with Gasteiger partial charge < -0.3 is 9.13 Å². The molecule has 0 saturated carbocycles. The van der Waals surface area contributed by atoms with E-state index >= 15 is 0 Å². The van der Waals surface area contributed by atoms with Gasteiger partial charge in [0, 0.05) is 45.4 Å². The Morgan fingerprint density at radius 2 is 1.70 bits per heavy atom. The molecule has 0 atom stereocenters. The first kappa shape index (κ1) is 20.7. The molecule has 1 aromatic heterocycles. The van der Waals surface area contributed by atoms with Gasteiger partial charge in [0.2, 0.25) is 10.0 Å². The van der Waals surface area contributed by atoms with Gasteiger partial charge in [-0.2, -0.15) is 4.31 Å². The molecule has 0 unspecified atom stereocenters. The van der Waals surface area contributed by atoms with E-state index in [0.29, 0.717) is 37.6 Å². The molecule has 0 radical (unpaired) electrons. The summed E-state index contributed by atoms with van der Waals surface area (Å²) in [4.78, 5) is 12.5. The summed E-state index contributed by atoms with van der Waals surface area (Å²) in [5.74, 6) is 0. The van der Waals surface area contributed by atoms with Crippen molar-refractivity contribution in [3.63, 3.8) is 0 Å². The summed E-state index contributed by atoms with van der Waals surface area (Å²) in [6.07, 6.45) is 0. The lowest BCUT2D eigenvalue weighted by atomic mass is 10.3. The van der Waals surface area contributed by atoms with Crippen LogP contribution < -0.4 is 0 Å². The number of fused-ring (bicyclic) bond motifs is 1. The van der Waals surface area contributed by atoms with Crippen molar-refractivity contribution in [1.82, 2.24) is 18.3 Å². The van der Waals surface area contributed by atoms with E-state index in [-0.39, 0.29) is 10.6 Å². The smallest absolute Gasteiger partial charge is 0.270 e. The minimum atomic E-state index is -3.78. The predicted octanol–water partition coefficient (Wildman–Crippen LogP) is 2.58. The minimum Gasteiger partial charge on any atom is -0.320 e. The molecule has 1 fully saturated rings. The zero-order valence-corrected chi connectivity index (χ0v) is 18.0. The zero-order valence-electron chi connectivity index (χ0n) is 16.3. The van der Waals surface area contributed by atoms with E-state index in [1.807, 2.05) is 35.9 Å². The van der Waals surface area contributed by atoms with Crippen LogP contribution in [0, 0.1) is 14.9 Å². The average Bonchev–Trinajstić information content (AvgIpc) is 2.99. The number of para-hydroxylation sites is 2. The molecule has 9 nitrogen and oxygen atoms in total. The van der Waals surface area contributed by atoms with E-state index in [4.69, 9.17) is 12.2 Å². The molecule has 0 amide bonds. The summed E-state index contributed by atoms with van der Waals surface area (Å²) in [6.45, 7) is 2.27. The van der Waals surface area contributed by atoms with E-state index < -0.39 is 14.9 Å². The van der Waals surface area contributed by atoms with Gasteiger partial charge in [0.25, 0.3) is 5.69 Å². The lowest BCUT2D eigenvalue weighted by Gasteiger charge is -2.34. The summed E-state index contributed by atoms with van der Waals surface area (Å²) >= 11 is 5.58. The van der Waals surface area contributed by atoms with Crippen LogP contribution in [0.15, 0.2) is 53.4 Å². The summed E-state index contributed by atoms with van der Waals surface area (Å²) in [6, 6.07) is 13.2. The Morgan fingerprint density at radius 3 is 2.37 bits per heavy atom. The molecule has 2 aromatic carbocycles. The van der Waals surface area contributed by atoms with Crippen LogP contribution in [-0.4, -0.2) is 57.9 Å². The summed E-state index contributed by atoms with van der Waals surface area (Å²) in [5, 5.41) is 11.0. The van der Waals surface area contributed by atoms with Crippen molar-refractivity contribution in [3.05, 3.63) is 63.4 Å². The van der Waals surface area contributed by atoms with E-state index in [1.165, 1.54) is 22.5 Å². The second-order valence-corrected chi connectivity index (χ2v) is 9.48. The third-order valence-corrected chi connectivity index (χ3v) is 7.78. The Balaban J connectivity index is 1.50. The third kappa shape index (κ3) is 3.65. The Bertz CT molecular complexity index is 1270. The minimum absolute atomic E-state index is 0.0542. The Labute approximate surface area is 178 Å². The van der Waals surface area contributed by atoms with Crippen molar-refractivity contribution in [2.75, 3.05) is 26.2 Å². The largest absolute Gasteiger partial charge is 0.320 e. The quantitative estimate of drug-likeness (QED) is 0.339. The molecule has 1 saturated heterocycles. The Morgan fingerprint density at radius 1 is 1.03 bits per heavy atom. The molecule has 158 valence electrons. The van der Waals surface area contributed by atoms with Crippen LogP contribution >= 0.6 is 12.2 Å². The molecule has 1 aliphatic rings. The molecular formula is C19H21N5O4S2. The number of benzene rings is 2. The number of piperazine rings is 1. The number of rotatable bonds is 5. The van der Waals surface area contributed by atoms with Crippen LogP contribution in [-0.2, 0) is 23.7 Å². The number of nitrogens with zero attached hydrogens (tertiary/aromatic N) is 5. The molecule has 3 aromatic rings. The van der Waals surface area contributed by atoms with Crippen LogP contribution in [0.1, 0.15) is 0 Å². The number of nitro groups is 1. The Hall–Kier alpha value is -2.60. The van der Waals surface area contributed by atoms with Crippen molar-refractivity contribution in [2.45, 2.75) is 11.6 Å². The maximum atomic E-state index is 12.9. The first-order valence-corrected chi connectivity index (χ1v) is 11.2. The van der Waals surface area contributed by atoms with Crippen LogP contribution in [0.3, 0.4) is 0 Å². The SMILES string of the molecule is Cn1c(=S)n(CN2CCN(S(=O)(=O)c3cccc([N+](=O)[O-])c3)CC2)c2ccccc21. The molecular weight excluding hydrogens is 426 g/mol. The van der Waals surface area contributed by atoms with Crippen LogP contribution in [0.4, 0.5) is 5.69 Å². The molecule has 0 N–H and O–H groups in total. The number of sulfonamides is 1. The maximum absolute atomic E-state index is 12.9. The molecule has 0 bridgehead atoms. The van der Waals surface area contributed by atoms with E-state index in [1.54, 1.807) is 0 Å². The van der Waals surface area contributed by atoms with Crippen molar-refractivity contribution in [1.29, 1.82) is 0 Å². The second kappa shape index (κ2) is 7.91. The number of aromatic nitrogens is 2. The first-order valence-electron chi connectivity index (χ1n) is 9.40. The van der Waals surface area contributed by atoms with Crippen LogP contribution in [0.5, 0.6) is 0 Å². The van der Waals surface area contributed by atoms with Crippen molar-refractivity contribution in [2.24, 2.45) is 7.05 Å².